The van der Waals surface area contributed by atoms with E-state index >= 15 is 0 Å². The lowest BCUT2D eigenvalue weighted by atomic mass is 10.1. The van der Waals surface area contributed by atoms with Crippen molar-refractivity contribution in [3.05, 3.63) is 73.7 Å². The lowest BCUT2D eigenvalue weighted by Gasteiger charge is -2.13. The van der Waals surface area contributed by atoms with Crippen molar-refractivity contribution in [3.8, 4) is 11.4 Å². The molecule has 0 atom stereocenters. The lowest BCUT2D eigenvalue weighted by molar-refractivity contribution is -0.139. The number of hydrogen-bond donors (Lipinski definition) is 0. The number of ether oxygens (including phenoxy) is 1. The third-order valence-corrected chi connectivity index (χ3v) is 7.31. The number of thioether (sulfide) groups is 1. The molecule has 6 nitrogen and oxygen atoms in total. The Kier molecular flexibility index (Phi) is 6.78. The van der Waals surface area contributed by atoms with Crippen molar-refractivity contribution in [1.82, 2.24) is 14.1 Å². The maximum Gasteiger partial charge on any atom is 0.316 e. The van der Waals surface area contributed by atoms with Crippen LogP contribution in [-0.4, -0.2) is 32.4 Å². The molecular formula is C23H20FN3O3S3. The number of esters is 1. The third-order valence-electron chi connectivity index (χ3n) is 5.04. The molecule has 0 aliphatic heterocycles. The molecule has 2 heterocycles. The number of carbonyl (C=O) groups excluding carboxylic acids is 1. The van der Waals surface area contributed by atoms with Crippen LogP contribution in [0.2, 0.25) is 0 Å². The van der Waals surface area contributed by atoms with E-state index in [0.29, 0.717) is 14.3 Å². The molecule has 0 bridgehead atoms. The highest BCUT2D eigenvalue weighted by Crippen LogP contribution is 2.28. The number of benzene rings is 2. The Hall–Kier alpha value is -2.82. The second-order valence-corrected chi connectivity index (χ2v) is 9.79. The third kappa shape index (κ3) is 4.50. The molecule has 0 unspecified atom stereocenters. The van der Waals surface area contributed by atoms with E-state index in [1.165, 1.54) is 16.7 Å². The van der Waals surface area contributed by atoms with Gasteiger partial charge in [0.2, 0.25) is 0 Å². The number of carbonyl (C=O) groups is 1. The summed E-state index contributed by atoms with van der Waals surface area (Å²) in [6.45, 7) is 5.96. The van der Waals surface area contributed by atoms with E-state index in [1.54, 1.807) is 23.6 Å². The molecule has 2 aromatic heterocycles. The molecule has 0 aliphatic carbocycles. The van der Waals surface area contributed by atoms with Crippen LogP contribution in [0.4, 0.5) is 4.39 Å². The summed E-state index contributed by atoms with van der Waals surface area (Å²) >= 11 is 7.72. The average molecular weight is 502 g/mol. The molecule has 0 saturated heterocycles. The largest absolute Gasteiger partial charge is 0.465 e. The van der Waals surface area contributed by atoms with Gasteiger partial charge in [-0.2, -0.15) is 0 Å². The van der Waals surface area contributed by atoms with Crippen LogP contribution in [0.5, 0.6) is 0 Å². The summed E-state index contributed by atoms with van der Waals surface area (Å²) in [4.78, 5) is 30.3. The zero-order valence-corrected chi connectivity index (χ0v) is 20.6. The summed E-state index contributed by atoms with van der Waals surface area (Å²) in [5.41, 5.74) is 2.97. The molecular weight excluding hydrogens is 481 g/mol. The van der Waals surface area contributed by atoms with Gasteiger partial charge in [-0.25, -0.2) is 9.37 Å². The van der Waals surface area contributed by atoms with E-state index < -0.39 is 17.3 Å². The second-order valence-electron chi connectivity index (χ2n) is 7.20. The van der Waals surface area contributed by atoms with Crippen molar-refractivity contribution in [1.29, 1.82) is 0 Å². The van der Waals surface area contributed by atoms with Crippen LogP contribution in [0.1, 0.15) is 18.1 Å². The highest BCUT2D eigenvalue weighted by Gasteiger charge is 2.21. The van der Waals surface area contributed by atoms with E-state index in [2.05, 4.69) is 0 Å². The molecule has 170 valence electrons. The maximum atomic E-state index is 14.7. The SMILES string of the molecule is CCOC(=O)CSc1nc2c(sc(=S)n2-c2ccc(C)c(C)c2)c(=O)n1-c1ccccc1F. The summed E-state index contributed by atoms with van der Waals surface area (Å²) < 4.78 is 23.4. The fourth-order valence-electron chi connectivity index (χ4n) is 3.30. The summed E-state index contributed by atoms with van der Waals surface area (Å²) in [7, 11) is 0. The van der Waals surface area contributed by atoms with Gasteiger partial charge in [0.1, 0.15) is 10.5 Å². The monoisotopic (exact) mass is 501 g/mol. The van der Waals surface area contributed by atoms with Crippen LogP contribution in [0.25, 0.3) is 21.7 Å². The van der Waals surface area contributed by atoms with Crippen LogP contribution < -0.4 is 5.56 Å². The van der Waals surface area contributed by atoms with Crippen LogP contribution in [0, 0.1) is 23.6 Å². The Balaban J connectivity index is 1.98. The van der Waals surface area contributed by atoms with E-state index in [1.807, 2.05) is 32.0 Å². The van der Waals surface area contributed by atoms with Gasteiger partial charge in [-0.05, 0) is 68.4 Å². The number of aromatic nitrogens is 3. The Labute approximate surface area is 202 Å². The molecule has 0 amide bonds. The number of fused-ring (bicyclic) bond motifs is 1. The Morgan fingerprint density at radius 3 is 2.64 bits per heavy atom. The second kappa shape index (κ2) is 9.58. The molecule has 33 heavy (non-hydrogen) atoms. The Bertz CT molecular complexity index is 1490. The first-order valence-corrected chi connectivity index (χ1v) is 12.3. The van der Waals surface area contributed by atoms with Crippen molar-refractivity contribution in [2.24, 2.45) is 0 Å². The zero-order chi connectivity index (χ0) is 23.7. The van der Waals surface area contributed by atoms with Gasteiger partial charge in [0.25, 0.3) is 5.56 Å². The molecule has 4 rings (SSSR count). The highest BCUT2D eigenvalue weighted by atomic mass is 32.2. The van der Waals surface area contributed by atoms with Gasteiger partial charge >= 0.3 is 5.97 Å². The van der Waals surface area contributed by atoms with E-state index in [-0.39, 0.29) is 23.2 Å². The maximum absolute atomic E-state index is 14.7. The molecule has 0 N–H and O–H groups in total. The molecule has 4 aromatic rings. The van der Waals surface area contributed by atoms with Crippen LogP contribution in [0.15, 0.2) is 52.4 Å². The zero-order valence-electron chi connectivity index (χ0n) is 18.1. The minimum Gasteiger partial charge on any atom is -0.465 e. The van der Waals surface area contributed by atoms with Crippen LogP contribution in [0.3, 0.4) is 0 Å². The lowest BCUT2D eigenvalue weighted by Crippen LogP contribution is -2.23. The summed E-state index contributed by atoms with van der Waals surface area (Å²) in [5.74, 6) is -1.10. The first-order valence-electron chi connectivity index (χ1n) is 10.1. The van der Waals surface area contributed by atoms with Crippen LogP contribution in [-0.2, 0) is 9.53 Å². The van der Waals surface area contributed by atoms with Gasteiger partial charge in [-0.3, -0.25) is 18.7 Å². The summed E-state index contributed by atoms with van der Waals surface area (Å²) in [5, 5.41) is 0.177. The molecule has 10 heteroatoms. The predicted molar refractivity (Wildman–Crippen MR) is 132 cm³/mol. The quantitative estimate of drug-likeness (QED) is 0.153. The van der Waals surface area contributed by atoms with Crippen LogP contribution >= 0.6 is 35.3 Å². The minimum atomic E-state index is -0.573. The first kappa shape index (κ1) is 23.3. The first-order chi connectivity index (χ1) is 15.8. The molecule has 2 aromatic carbocycles. The fraction of sp³-hybridized carbons (Fsp3) is 0.217. The van der Waals surface area contributed by atoms with E-state index in [9.17, 15) is 14.0 Å². The van der Waals surface area contributed by atoms with Gasteiger partial charge in [0.15, 0.2) is 14.8 Å². The minimum absolute atomic E-state index is 0.0558. The molecule has 0 aliphatic rings. The topological polar surface area (TPSA) is 66.1 Å². The number of aryl methyl sites for hydroxylation is 2. The fourth-order valence-corrected chi connectivity index (χ4v) is 5.39. The predicted octanol–water partition coefficient (Wildman–Crippen LogP) is 5.38. The molecule has 0 spiro atoms. The number of halogens is 1. The van der Waals surface area contributed by atoms with Crippen molar-refractivity contribution < 1.29 is 13.9 Å². The number of rotatable bonds is 6. The van der Waals surface area contributed by atoms with Crippen molar-refractivity contribution in [2.75, 3.05) is 12.4 Å². The van der Waals surface area contributed by atoms with Gasteiger partial charge in [-0.1, -0.05) is 41.3 Å². The number of thiazole rings is 1. The van der Waals surface area contributed by atoms with E-state index in [0.717, 1.165) is 39.9 Å². The molecule has 0 fully saturated rings. The van der Waals surface area contributed by atoms with Crippen molar-refractivity contribution >= 4 is 51.6 Å². The Morgan fingerprint density at radius 2 is 1.94 bits per heavy atom. The van der Waals surface area contributed by atoms with Gasteiger partial charge in [0.05, 0.1) is 18.0 Å². The normalized spacial score (nSPS) is 11.2. The van der Waals surface area contributed by atoms with E-state index in [4.69, 9.17) is 21.9 Å². The highest BCUT2D eigenvalue weighted by molar-refractivity contribution is 7.99. The van der Waals surface area contributed by atoms with Crippen molar-refractivity contribution in [3.63, 3.8) is 0 Å². The average Bonchev–Trinajstić information content (AvgIpc) is 3.11. The van der Waals surface area contributed by atoms with Gasteiger partial charge in [-0.15, -0.1) is 0 Å². The smallest absolute Gasteiger partial charge is 0.316 e. The molecule has 0 radical (unpaired) electrons. The van der Waals surface area contributed by atoms with Gasteiger partial charge < -0.3 is 4.74 Å². The van der Waals surface area contributed by atoms with Crippen molar-refractivity contribution in [2.45, 2.75) is 25.9 Å². The number of hydrogen-bond acceptors (Lipinski definition) is 7. The standard InChI is InChI=1S/C23H20FN3O3S3/c1-4-30-18(28)12-32-22-25-20-19(21(29)27(22)17-8-6-5-7-16(17)24)33-23(31)26(20)15-10-9-13(2)14(3)11-15/h5-11H,4,12H2,1-3H3. The Morgan fingerprint density at radius 1 is 1.18 bits per heavy atom. The number of nitrogens with zero attached hydrogens (tertiary/aromatic N) is 3. The summed E-state index contributed by atoms with van der Waals surface area (Å²) in [6.07, 6.45) is 0. The van der Waals surface area contributed by atoms with Gasteiger partial charge in [0, 0.05) is 5.69 Å². The molecule has 0 saturated carbocycles. The number of para-hydroxylation sites is 1. The summed E-state index contributed by atoms with van der Waals surface area (Å²) in [6, 6.07) is 11.8.